The third-order valence-electron chi connectivity index (χ3n) is 4.21. The molecule has 0 heterocycles. The largest absolute Gasteiger partial charge is 0.0683 e. The molecule has 1 aliphatic rings. The van der Waals surface area contributed by atoms with Gasteiger partial charge < -0.3 is 0 Å². The van der Waals surface area contributed by atoms with Gasteiger partial charge in [0.15, 0.2) is 0 Å². The first kappa shape index (κ1) is 14.6. The highest BCUT2D eigenvalue weighted by molar-refractivity contribution is 5.84. The smallest absolute Gasteiger partial charge is 0.000729 e. The van der Waals surface area contributed by atoms with Gasteiger partial charge in [-0.15, -0.1) is 0 Å². The van der Waals surface area contributed by atoms with Gasteiger partial charge in [0.05, 0.1) is 0 Å². The zero-order valence-electron chi connectivity index (χ0n) is 13.6. The molecule has 0 saturated carbocycles. The molecule has 0 aromatic heterocycles. The Morgan fingerprint density at radius 2 is 1.27 bits per heavy atom. The van der Waals surface area contributed by atoms with E-state index in [0.29, 0.717) is 0 Å². The van der Waals surface area contributed by atoms with Gasteiger partial charge >= 0.3 is 0 Å². The molecule has 0 aliphatic heterocycles. The van der Waals surface area contributed by atoms with E-state index < -0.39 is 0 Å². The minimum absolute atomic E-state index is 1.05. The molecular weight excluding hydrogens is 264 g/mol. The summed E-state index contributed by atoms with van der Waals surface area (Å²) in [5, 5.41) is 0. The predicted octanol–water partition coefficient (Wildman–Crippen LogP) is 6.26. The fraction of sp³-hybridized carbons (Fsp3) is 0.182. The van der Waals surface area contributed by atoms with E-state index in [0.717, 1.165) is 6.42 Å². The van der Waals surface area contributed by atoms with Crippen LogP contribution in [0.25, 0.3) is 22.3 Å². The summed E-state index contributed by atoms with van der Waals surface area (Å²) in [6.45, 7) is 6.13. The Labute approximate surface area is 133 Å². The van der Waals surface area contributed by atoms with Crippen LogP contribution in [0.5, 0.6) is 0 Å². The Bertz CT molecular complexity index is 779. The Morgan fingerprint density at radius 3 is 2.05 bits per heavy atom. The summed E-state index contributed by atoms with van der Waals surface area (Å²) in [6.07, 6.45) is 1.05. The maximum absolute atomic E-state index is 2.25. The lowest BCUT2D eigenvalue weighted by Crippen LogP contribution is -1.87. The molecule has 0 saturated heterocycles. The van der Waals surface area contributed by atoms with Crippen LogP contribution in [0.1, 0.15) is 30.5 Å². The van der Waals surface area contributed by atoms with Crippen LogP contribution in [0.3, 0.4) is 0 Å². The van der Waals surface area contributed by atoms with Crippen molar-refractivity contribution in [3.8, 4) is 22.3 Å². The van der Waals surface area contributed by atoms with Crippen molar-refractivity contribution in [3.05, 3.63) is 83.4 Å². The molecule has 22 heavy (non-hydrogen) atoms. The maximum Gasteiger partial charge on any atom is -0.000729 e. The summed E-state index contributed by atoms with van der Waals surface area (Å²) in [6, 6.07) is 24.3. The zero-order valence-corrected chi connectivity index (χ0v) is 13.6. The van der Waals surface area contributed by atoms with Gasteiger partial charge in [-0.3, -0.25) is 0 Å². The van der Waals surface area contributed by atoms with E-state index >= 15 is 0 Å². The average molecular weight is 286 g/mol. The van der Waals surface area contributed by atoms with Gasteiger partial charge in [-0.05, 0) is 46.7 Å². The van der Waals surface area contributed by atoms with E-state index in [4.69, 9.17) is 0 Å². The average Bonchev–Trinajstić information content (AvgIpc) is 2.96. The summed E-state index contributed by atoms with van der Waals surface area (Å²) >= 11 is 0. The number of fused-ring (bicyclic) bond motifs is 3. The molecule has 0 amide bonds. The van der Waals surface area contributed by atoms with Gasteiger partial charge in [-0.25, -0.2) is 0 Å². The molecule has 0 unspecified atom stereocenters. The number of benzene rings is 3. The van der Waals surface area contributed by atoms with Crippen LogP contribution in [-0.4, -0.2) is 0 Å². The van der Waals surface area contributed by atoms with Crippen LogP contribution in [0.15, 0.2) is 66.7 Å². The van der Waals surface area contributed by atoms with E-state index in [9.17, 15) is 0 Å². The molecule has 0 heteroatoms. The van der Waals surface area contributed by atoms with E-state index in [1.54, 1.807) is 0 Å². The highest BCUT2D eigenvalue weighted by atomic mass is 14.2. The molecule has 0 spiro atoms. The van der Waals surface area contributed by atoms with Gasteiger partial charge in [-0.1, -0.05) is 86.1 Å². The van der Waals surface area contributed by atoms with Crippen molar-refractivity contribution in [3.63, 3.8) is 0 Å². The first-order valence-electron chi connectivity index (χ1n) is 8.10. The molecule has 4 rings (SSSR count). The van der Waals surface area contributed by atoms with E-state index in [1.807, 2.05) is 13.8 Å². The van der Waals surface area contributed by atoms with Crippen molar-refractivity contribution >= 4 is 0 Å². The second-order valence-electron chi connectivity index (χ2n) is 5.53. The third kappa shape index (κ3) is 2.46. The minimum atomic E-state index is 1.05. The molecule has 3 aromatic carbocycles. The molecule has 0 N–H and O–H groups in total. The van der Waals surface area contributed by atoms with Gasteiger partial charge in [-0.2, -0.15) is 0 Å². The molecule has 0 bridgehead atoms. The SMILES string of the molecule is CC.Cc1ccc(-c2cccc3c2Cc2ccccc2-3)cc1. The highest BCUT2D eigenvalue weighted by Gasteiger charge is 2.20. The second kappa shape index (κ2) is 6.19. The van der Waals surface area contributed by atoms with Crippen molar-refractivity contribution in [2.75, 3.05) is 0 Å². The first-order chi connectivity index (χ1) is 10.8. The fourth-order valence-electron chi connectivity index (χ4n) is 3.16. The van der Waals surface area contributed by atoms with Gasteiger partial charge in [0.1, 0.15) is 0 Å². The quantitative estimate of drug-likeness (QED) is 0.387. The monoisotopic (exact) mass is 286 g/mol. The van der Waals surface area contributed by atoms with Crippen LogP contribution in [0, 0.1) is 6.92 Å². The summed E-state index contributed by atoms with van der Waals surface area (Å²) in [5.74, 6) is 0. The molecule has 0 radical (unpaired) electrons. The molecule has 110 valence electrons. The summed E-state index contributed by atoms with van der Waals surface area (Å²) in [4.78, 5) is 0. The Hall–Kier alpha value is -2.34. The lowest BCUT2D eigenvalue weighted by Gasteiger charge is -2.09. The number of hydrogen-bond donors (Lipinski definition) is 0. The van der Waals surface area contributed by atoms with Crippen molar-refractivity contribution < 1.29 is 0 Å². The number of hydrogen-bond acceptors (Lipinski definition) is 0. The van der Waals surface area contributed by atoms with Crippen LogP contribution >= 0.6 is 0 Å². The normalized spacial score (nSPS) is 11.2. The number of aryl methyl sites for hydroxylation is 1. The summed E-state index contributed by atoms with van der Waals surface area (Å²) in [7, 11) is 0. The van der Waals surface area contributed by atoms with Crippen molar-refractivity contribution in [2.45, 2.75) is 27.2 Å². The molecule has 1 aliphatic carbocycles. The Morgan fingerprint density at radius 1 is 0.636 bits per heavy atom. The minimum Gasteiger partial charge on any atom is -0.0683 e. The lowest BCUT2D eigenvalue weighted by molar-refractivity contribution is 1.26. The zero-order chi connectivity index (χ0) is 15.5. The van der Waals surface area contributed by atoms with Crippen molar-refractivity contribution in [1.29, 1.82) is 0 Å². The second-order valence-corrected chi connectivity index (χ2v) is 5.53. The molecule has 0 fully saturated rings. The van der Waals surface area contributed by atoms with Crippen LogP contribution < -0.4 is 0 Å². The molecular formula is C22H22. The Balaban J connectivity index is 0.000000693. The topological polar surface area (TPSA) is 0 Å². The van der Waals surface area contributed by atoms with E-state index in [1.165, 1.54) is 38.9 Å². The fourth-order valence-corrected chi connectivity index (χ4v) is 3.16. The molecule has 0 nitrogen and oxygen atoms in total. The van der Waals surface area contributed by atoms with E-state index in [-0.39, 0.29) is 0 Å². The highest BCUT2D eigenvalue weighted by Crippen LogP contribution is 2.41. The first-order valence-corrected chi connectivity index (χ1v) is 8.10. The van der Waals surface area contributed by atoms with Crippen molar-refractivity contribution in [2.24, 2.45) is 0 Å². The maximum atomic E-state index is 2.25. The van der Waals surface area contributed by atoms with E-state index in [2.05, 4.69) is 73.7 Å². The van der Waals surface area contributed by atoms with Crippen LogP contribution in [0.2, 0.25) is 0 Å². The van der Waals surface area contributed by atoms with Gasteiger partial charge in [0.2, 0.25) is 0 Å². The van der Waals surface area contributed by atoms with Crippen LogP contribution in [-0.2, 0) is 6.42 Å². The number of rotatable bonds is 1. The molecule has 3 aromatic rings. The third-order valence-corrected chi connectivity index (χ3v) is 4.21. The summed E-state index contributed by atoms with van der Waals surface area (Å²) < 4.78 is 0. The van der Waals surface area contributed by atoms with Gasteiger partial charge in [0, 0.05) is 0 Å². The Kier molecular flexibility index (Phi) is 4.11. The van der Waals surface area contributed by atoms with Gasteiger partial charge in [0.25, 0.3) is 0 Å². The predicted molar refractivity (Wildman–Crippen MR) is 96.2 cm³/mol. The summed E-state index contributed by atoms with van der Waals surface area (Å²) in [5.41, 5.74) is 9.72. The van der Waals surface area contributed by atoms with Crippen LogP contribution in [0.4, 0.5) is 0 Å². The standard InChI is InChI=1S/C20H16.C2H6/c1-14-9-11-15(12-10-14)17-7-4-8-19-18-6-3-2-5-16(18)13-20(17)19;1-2/h2-12H,13H2,1H3;1-2H3. The lowest BCUT2D eigenvalue weighted by atomic mass is 9.95. The van der Waals surface area contributed by atoms with Crippen molar-refractivity contribution in [1.82, 2.24) is 0 Å². The molecule has 0 atom stereocenters.